The number of amides is 1. The summed E-state index contributed by atoms with van der Waals surface area (Å²) in [4.78, 5) is 21.5. The molecule has 4 nitrogen and oxygen atoms in total. The van der Waals surface area contributed by atoms with Crippen LogP contribution in [0.15, 0.2) is 23.3 Å². The van der Waals surface area contributed by atoms with Crippen LogP contribution in [0.25, 0.3) is 0 Å². The van der Waals surface area contributed by atoms with Crippen LogP contribution in [0, 0.1) is 0 Å². The number of aryl methyl sites for hydroxylation is 1. The van der Waals surface area contributed by atoms with Crippen LogP contribution >= 0.6 is 0 Å². The predicted molar refractivity (Wildman–Crippen MR) is 40.2 cm³/mol. The first-order valence-corrected chi connectivity index (χ1v) is 3.07. The van der Waals surface area contributed by atoms with Crippen molar-refractivity contribution in [1.29, 1.82) is 0 Å². The standard InChI is InChI=1S/C7H8N2O2/c1-9-3-2-6(10)5(4-9)7(8)11/h2-4H,1H3,(H2,8,11). The molecule has 0 spiro atoms. The second-order valence-corrected chi connectivity index (χ2v) is 2.25. The lowest BCUT2D eigenvalue weighted by molar-refractivity contribution is 0.0998. The Morgan fingerprint density at radius 2 is 2.27 bits per heavy atom. The topological polar surface area (TPSA) is 65.1 Å². The zero-order chi connectivity index (χ0) is 8.43. The van der Waals surface area contributed by atoms with Gasteiger partial charge in [-0.15, -0.1) is 0 Å². The molecule has 0 aliphatic heterocycles. The van der Waals surface area contributed by atoms with Crippen molar-refractivity contribution in [2.75, 3.05) is 0 Å². The number of nitrogens with zero attached hydrogens (tertiary/aromatic N) is 1. The van der Waals surface area contributed by atoms with Crippen molar-refractivity contribution in [3.05, 3.63) is 34.2 Å². The molecular weight excluding hydrogens is 144 g/mol. The van der Waals surface area contributed by atoms with Gasteiger partial charge in [-0.05, 0) is 0 Å². The molecule has 1 heterocycles. The van der Waals surface area contributed by atoms with E-state index in [1.165, 1.54) is 12.3 Å². The third-order valence-corrected chi connectivity index (χ3v) is 1.32. The molecule has 0 fully saturated rings. The van der Waals surface area contributed by atoms with Crippen LogP contribution in [0.2, 0.25) is 0 Å². The fourth-order valence-electron chi connectivity index (χ4n) is 0.770. The Bertz CT molecular complexity index is 341. The molecule has 1 aromatic heterocycles. The second kappa shape index (κ2) is 2.57. The van der Waals surface area contributed by atoms with Crippen LogP contribution in [0.3, 0.4) is 0 Å². The van der Waals surface area contributed by atoms with E-state index < -0.39 is 5.91 Å². The average Bonchev–Trinajstić information content (AvgIpc) is 1.94. The molecule has 0 saturated heterocycles. The minimum Gasteiger partial charge on any atom is -0.365 e. The van der Waals surface area contributed by atoms with E-state index in [2.05, 4.69) is 0 Å². The Kier molecular flexibility index (Phi) is 1.76. The monoisotopic (exact) mass is 152 g/mol. The van der Waals surface area contributed by atoms with Gasteiger partial charge in [0.15, 0.2) is 5.43 Å². The summed E-state index contributed by atoms with van der Waals surface area (Å²) in [5.74, 6) is -0.689. The predicted octanol–water partition coefficient (Wildman–Crippen LogP) is -0.516. The Morgan fingerprint density at radius 1 is 1.64 bits per heavy atom. The van der Waals surface area contributed by atoms with Gasteiger partial charge in [-0.3, -0.25) is 9.59 Å². The maximum atomic E-state index is 10.9. The van der Waals surface area contributed by atoms with Crippen LogP contribution in [0.1, 0.15) is 10.4 Å². The lowest BCUT2D eigenvalue weighted by Crippen LogP contribution is -2.22. The molecule has 0 aliphatic carbocycles. The van der Waals surface area contributed by atoms with Gasteiger partial charge >= 0.3 is 0 Å². The molecule has 2 N–H and O–H groups in total. The van der Waals surface area contributed by atoms with E-state index in [-0.39, 0.29) is 11.0 Å². The zero-order valence-corrected chi connectivity index (χ0v) is 6.07. The number of carbonyl (C=O) groups excluding carboxylic acids is 1. The summed E-state index contributed by atoms with van der Waals surface area (Å²) in [6, 6.07) is 1.31. The fraction of sp³-hybridized carbons (Fsp3) is 0.143. The molecule has 0 atom stereocenters. The zero-order valence-electron chi connectivity index (χ0n) is 6.07. The summed E-state index contributed by atoms with van der Waals surface area (Å²) >= 11 is 0. The van der Waals surface area contributed by atoms with Crippen molar-refractivity contribution >= 4 is 5.91 Å². The second-order valence-electron chi connectivity index (χ2n) is 2.25. The number of hydrogen-bond donors (Lipinski definition) is 1. The van der Waals surface area contributed by atoms with Gasteiger partial charge in [-0.1, -0.05) is 0 Å². The van der Waals surface area contributed by atoms with E-state index in [4.69, 9.17) is 5.73 Å². The molecule has 0 unspecified atom stereocenters. The number of pyridine rings is 1. The van der Waals surface area contributed by atoms with Gasteiger partial charge in [0.25, 0.3) is 5.91 Å². The molecule has 4 heteroatoms. The molecule has 58 valence electrons. The summed E-state index contributed by atoms with van der Waals surface area (Å²) in [5.41, 5.74) is 4.62. The van der Waals surface area contributed by atoms with Crippen LogP contribution in [0.5, 0.6) is 0 Å². The first-order chi connectivity index (χ1) is 5.11. The Morgan fingerprint density at radius 3 is 2.73 bits per heavy atom. The Hall–Kier alpha value is -1.58. The van der Waals surface area contributed by atoms with Gasteiger partial charge in [0.05, 0.1) is 0 Å². The molecular formula is C7H8N2O2. The highest BCUT2D eigenvalue weighted by atomic mass is 16.2. The molecule has 1 amide bonds. The third kappa shape index (κ3) is 1.46. The van der Waals surface area contributed by atoms with Gasteiger partial charge in [-0.25, -0.2) is 0 Å². The molecule has 11 heavy (non-hydrogen) atoms. The van der Waals surface area contributed by atoms with E-state index in [0.29, 0.717) is 0 Å². The average molecular weight is 152 g/mol. The third-order valence-electron chi connectivity index (χ3n) is 1.32. The van der Waals surface area contributed by atoms with E-state index in [1.807, 2.05) is 0 Å². The van der Waals surface area contributed by atoms with Gasteiger partial charge in [0.1, 0.15) is 5.56 Å². The normalized spacial score (nSPS) is 9.55. The van der Waals surface area contributed by atoms with Crippen LogP contribution < -0.4 is 11.2 Å². The molecule has 0 bridgehead atoms. The van der Waals surface area contributed by atoms with E-state index in [1.54, 1.807) is 17.8 Å². The van der Waals surface area contributed by atoms with Crippen molar-refractivity contribution in [3.63, 3.8) is 0 Å². The van der Waals surface area contributed by atoms with E-state index in [0.717, 1.165) is 0 Å². The number of rotatable bonds is 1. The van der Waals surface area contributed by atoms with Gasteiger partial charge in [-0.2, -0.15) is 0 Å². The molecule has 0 aliphatic rings. The highest BCUT2D eigenvalue weighted by molar-refractivity contribution is 5.92. The van der Waals surface area contributed by atoms with Crippen molar-refractivity contribution in [2.45, 2.75) is 0 Å². The number of nitrogens with two attached hydrogens (primary N) is 1. The van der Waals surface area contributed by atoms with Gasteiger partial charge < -0.3 is 10.3 Å². The van der Waals surface area contributed by atoms with Crippen LogP contribution in [-0.4, -0.2) is 10.5 Å². The lowest BCUT2D eigenvalue weighted by atomic mass is 10.2. The summed E-state index contributed by atoms with van der Waals surface area (Å²) in [6.45, 7) is 0. The van der Waals surface area contributed by atoms with Crippen LogP contribution in [0.4, 0.5) is 0 Å². The highest BCUT2D eigenvalue weighted by Crippen LogP contribution is 1.87. The van der Waals surface area contributed by atoms with Crippen molar-refractivity contribution in [1.82, 2.24) is 4.57 Å². The Balaban J connectivity index is 3.35. The van der Waals surface area contributed by atoms with Crippen molar-refractivity contribution in [2.24, 2.45) is 12.8 Å². The number of hydrogen-bond acceptors (Lipinski definition) is 2. The maximum Gasteiger partial charge on any atom is 0.254 e. The molecule has 0 aromatic carbocycles. The van der Waals surface area contributed by atoms with Crippen molar-refractivity contribution in [3.8, 4) is 0 Å². The van der Waals surface area contributed by atoms with Crippen molar-refractivity contribution < 1.29 is 4.79 Å². The summed E-state index contributed by atoms with van der Waals surface area (Å²) in [6.07, 6.45) is 2.97. The number of carbonyl (C=O) groups is 1. The molecule has 1 rings (SSSR count). The first kappa shape index (κ1) is 7.53. The highest BCUT2D eigenvalue weighted by Gasteiger charge is 2.03. The van der Waals surface area contributed by atoms with E-state index >= 15 is 0 Å². The minimum atomic E-state index is -0.689. The number of primary amides is 1. The summed E-state index contributed by atoms with van der Waals surface area (Å²) < 4.78 is 1.60. The van der Waals surface area contributed by atoms with E-state index in [9.17, 15) is 9.59 Å². The summed E-state index contributed by atoms with van der Waals surface area (Å²) in [7, 11) is 1.71. The van der Waals surface area contributed by atoms with Gasteiger partial charge in [0, 0.05) is 25.5 Å². The molecule has 1 aromatic rings. The fourth-order valence-corrected chi connectivity index (χ4v) is 0.770. The maximum absolute atomic E-state index is 10.9. The minimum absolute atomic E-state index is 0.0231. The SMILES string of the molecule is Cn1ccc(=O)c(C(N)=O)c1. The quantitative estimate of drug-likeness (QED) is 0.588. The smallest absolute Gasteiger partial charge is 0.254 e. The van der Waals surface area contributed by atoms with Gasteiger partial charge in [0.2, 0.25) is 0 Å². The first-order valence-electron chi connectivity index (χ1n) is 3.07. The number of aromatic nitrogens is 1. The summed E-state index contributed by atoms with van der Waals surface area (Å²) in [5, 5.41) is 0. The lowest BCUT2D eigenvalue weighted by Gasteiger charge is -1.97. The van der Waals surface area contributed by atoms with Crippen LogP contribution in [-0.2, 0) is 7.05 Å². The molecule has 0 radical (unpaired) electrons. The largest absolute Gasteiger partial charge is 0.365 e. The Labute approximate surface area is 63.3 Å². The molecule has 0 saturated carbocycles.